The fourth-order valence-electron chi connectivity index (χ4n) is 2.56. The molecule has 0 atom stereocenters. The molecule has 144 valence electrons. The van der Waals surface area contributed by atoms with E-state index < -0.39 is 5.97 Å². The fourth-order valence-corrected chi connectivity index (χ4v) is 2.90. The molecule has 28 heavy (non-hydrogen) atoms. The summed E-state index contributed by atoms with van der Waals surface area (Å²) in [6, 6.07) is 11.2. The number of carbonyl (C=O) groups is 1. The molecule has 2 aromatic rings. The minimum atomic E-state index is -0.479. The number of halogens is 1. The quantitative estimate of drug-likeness (QED) is 0.251. The molecule has 6 heteroatoms. The zero-order chi connectivity index (χ0) is 20.3. The lowest BCUT2D eigenvalue weighted by molar-refractivity contribution is -0.129. The Morgan fingerprint density at radius 2 is 2.04 bits per heavy atom. The molecule has 1 aliphatic heterocycles. The SMILES string of the molecule is C=C(C)COc1ccc(/C=C2\N=C(c3ccc(I)c(C)c3)OC2=O)cc1OC. The molecule has 0 unspecified atom stereocenters. The van der Waals surface area contributed by atoms with E-state index in [-0.39, 0.29) is 5.70 Å². The zero-order valence-electron chi connectivity index (χ0n) is 15.9. The molecule has 0 N–H and O–H groups in total. The fraction of sp³-hybridized carbons (Fsp3) is 0.182. The Morgan fingerprint density at radius 1 is 1.25 bits per heavy atom. The Morgan fingerprint density at radius 3 is 2.71 bits per heavy atom. The number of aryl methyl sites for hydroxylation is 1. The summed E-state index contributed by atoms with van der Waals surface area (Å²) in [5, 5.41) is 0. The van der Waals surface area contributed by atoms with Crippen LogP contribution in [0.1, 0.15) is 23.6 Å². The van der Waals surface area contributed by atoms with Crippen molar-refractivity contribution in [3.63, 3.8) is 0 Å². The summed E-state index contributed by atoms with van der Waals surface area (Å²) < 4.78 is 17.5. The Hall–Kier alpha value is -2.61. The van der Waals surface area contributed by atoms with Crippen molar-refractivity contribution >= 4 is 40.5 Å². The molecule has 5 nitrogen and oxygen atoms in total. The Bertz CT molecular complexity index is 1010. The van der Waals surface area contributed by atoms with Crippen LogP contribution >= 0.6 is 22.6 Å². The summed E-state index contributed by atoms with van der Waals surface area (Å²) in [4.78, 5) is 16.6. The lowest BCUT2D eigenvalue weighted by atomic mass is 10.1. The molecule has 0 bridgehead atoms. The molecule has 3 rings (SSSR count). The average Bonchev–Trinajstić information content (AvgIpc) is 3.03. The highest BCUT2D eigenvalue weighted by atomic mass is 127. The maximum atomic E-state index is 12.2. The van der Waals surface area contributed by atoms with Crippen molar-refractivity contribution in [3.05, 3.63) is 74.5 Å². The van der Waals surface area contributed by atoms with E-state index in [1.165, 1.54) is 0 Å². The standard InChI is InChI=1S/C22H20INO4/c1-13(2)12-27-19-8-5-15(11-20(19)26-4)10-18-22(25)28-21(24-18)16-6-7-17(23)14(3)9-16/h5-11H,1,12H2,2-4H3/b18-10-. The molecule has 0 radical (unpaired) electrons. The van der Waals surface area contributed by atoms with E-state index in [0.717, 1.165) is 25.8 Å². The van der Waals surface area contributed by atoms with Crippen LogP contribution in [0.4, 0.5) is 0 Å². The topological polar surface area (TPSA) is 57.1 Å². The van der Waals surface area contributed by atoms with Gasteiger partial charge in [0.1, 0.15) is 6.61 Å². The first-order valence-electron chi connectivity index (χ1n) is 8.61. The van der Waals surface area contributed by atoms with Crippen LogP contribution in [0.5, 0.6) is 11.5 Å². The van der Waals surface area contributed by atoms with Crippen molar-refractivity contribution in [2.75, 3.05) is 13.7 Å². The number of methoxy groups -OCH3 is 1. The molecule has 1 heterocycles. The van der Waals surface area contributed by atoms with Crippen LogP contribution in [0.2, 0.25) is 0 Å². The van der Waals surface area contributed by atoms with Gasteiger partial charge in [-0.15, -0.1) is 0 Å². The van der Waals surface area contributed by atoms with Crippen LogP contribution in [-0.4, -0.2) is 25.6 Å². The third kappa shape index (κ3) is 4.62. The third-order valence-electron chi connectivity index (χ3n) is 3.99. The summed E-state index contributed by atoms with van der Waals surface area (Å²) in [7, 11) is 1.57. The van der Waals surface area contributed by atoms with E-state index in [2.05, 4.69) is 34.2 Å². The van der Waals surface area contributed by atoms with E-state index in [0.29, 0.717) is 24.0 Å². The van der Waals surface area contributed by atoms with Crippen molar-refractivity contribution in [1.29, 1.82) is 0 Å². The van der Waals surface area contributed by atoms with Crippen molar-refractivity contribution in [3.8, 4) is 11.5 Å². The lowest BCUT2D eigenvalue weighted by Gasteiger charge is -2.11. The minimum absolute atomic E-state index is 0.240. The van der Waals surface area contributed by atoms with Gasteiger partial charge in [0.05, 0.1) is 7.11 Å². The third-order valence-corrected chi connectivity index (χ3v) is 5.20. The average molecular weight is 489 g/mol. The predicted molar refractivity (Wildman–Crippen MR) is 118 cm³/mol. The van der Waals surface area contributed by atoms with Crippen LogP contribution < -0.4 is 9.47 Å². The highest BCUT2D eigenvalue weighted by molar-refractivity contribution is 14.1. The van der Waals surface area contributed by atoms with E-state index in [4.69, 9.17) is 14.2 Å². The molecule has 0 aliphatic carbocycles. The summed E-state index contributed by atoms with van der Waals surface area (Å²) in [5.41, 5.74) is 3.79. The van der Waals surface area contributed by atoms with Gasteiger partial charge in [0.15, 0.2) is 17.2 Å². The summed E-state index contributed by atoms with van der Waals surface area (Å²) in [5.74, 6) is 1.01. The van der Waals surface area contributed by atoms with Gasteiger partial charge in [-0.25, -0.2) is 9.79 Å². The molecular weight excluding hydrogens is 469 g/mol. The number of hydrogen-bond acceptors (Lipinski definition) is 5. The summed E-state index contributed by atoms with van der Waals surface area (Å²) in [6.45, 7) is 8.12. The van der Waals surface area contributed by atoms with Gasteiger partial charge in [-0.05, 0) is 89.5 Å². The minimum Gasteiger partial charge on any atom is -0.493 e. The first kappa shape index (κ1) is 20.1. The van der Waals surface area contributed by atoms with Crippen molar-refractivity contribution < 1.29 is 19.0 Å². The van der Waals surface area contributed by atoms with E-state index in [9.17, 15) is 4.79 Å². The molecule has 0 saturated heterocycles. The van der Waals surface area contributed by atoms with Crippen LogP contribution in [0.25, 0.3) is 6.08 Å². The number of rotatable bonds is 6. The second-order valence-corrected chi connectivity index (χ2v) is 7.62. The first-order chi connectivity index (χ1) is 13.4. The van der Waals surface area contributed by atoms with Crippen molar-refractivity contribution in [2.24, 2.45) is 4.99 Å². The predicted octanol–water partition coefficient (Wildman–Crippen LogP) is 4.91. The zero-order valence-corrected chi connectivity index (χ0v) is 18.1. The normalized spacial score (nSPS) is 14.6. The number of aliphatic imine (C=N–C) groups is 1. The van der Waals surface area contributed by atoms with Gasteiger partial charge in [-0.3, -0.25) is 0 Å². The maximum Gasteiger partial charge on any atom is 0.363 e. The summed E-state index contributed by atoms with van der Waals surface area (Å²) in [6.07, 6.45) is 1.67. The van der Waals surface area contributed by atoms with Crippen LogP contribution in [-0.2, 0) is 9.53 Å². The molecule has 0 saturated carbocycles. The number of ether oxygens (including phenoxy) is 3. The van der Waals surface area contributed by atoms with Gasteiger partial charge < -0.3 is 14.2 Å². The number of esters is 1. The lowest BCUT2D eigenvalue weighted by Crippen LogP contribution is -2.05. The van der Waals surface area contributed by atoms with Gasteiger partial charge in [-0.1, -0.05) is 12.6 Å². The van der Waals surface area contributed by atoms with Crippen LogP contribution in [0, 0.1) is 10.5 Å². The number of cyclic esters (lactones) is 1. The van der Waals surface area contributed by atoms with E-state index in [1.54, 1.807) is 25.3 Å². The Balaban J connectivity index is 1.87. The number of carbonyl (C=O) groups excluding carboxylic acids is 1. The highest BCUT2D eigenvalue weighted by Crippen LogP contribution is 2.30. The smallest absolute Gasteiger partial charge is 0.363 e. The monoisotopic (exact) mass is 489 g/mol. The largest absolute Gasteiger partial charge is 0.493 e. The molecule has 0 spiro atoms. The molecule has 1 aliphatic rings. The molecule has 0 aromatic heterocycles. The Labute approximate surface area is 177 Å². The van der Waals surface area contributed by atoms with Crippen LogP contribution in [0.3, 0.4) is 0 Å². The van der Waals surface area contributed by atoms with Gasteiger partial charge in [0, 0.05) is 9.13 Å². The Kier molecular flexibility index (Phi) is 6.18. The summed E-state index contributed by atoms with van der Waals surface area (Å²) >= 11 is 2.26. The van der Waals surface area contributed by atoms with E-state index >= 15 is 0 Å². The number of hydrogen-bond donors (Lipinski definition) is 0. The maximum absolute atomic E-state index is 12.2. The second kappa shape index (κ2) is 8.60. The number of benzene rings is 2. The van der Waals surface area contributed by atoms with Crippen molar-refractivity contribution in [1.82, 2.24) is 0 Å². The second-order valence-electron chi connectivity index (χ2n) is 6.46. The van der Waals surface area contributed by atoms with Gasteiger partial charge in [0.25, 0.3) is 0 Å². The van der Waals surface area contributed by atoms with Gasteiger partial charge >= 0.3 is 5.97 Å². The molecule has 0 fully saturated rings. The van der Waals surface area contributed by atoms with Crippen LogP contribution in [0.15, 0.2) is 59.2 Å². The molecular formula is C22H20INO4. The van der Waals surface area contributed by atoms with E-state index in [1.807, 2.05) is 38.1 Å². The molecule has 0 amide bonds. The molecule has 2 aromatic carbocycles. The first-order valence-corrected chi connectivity index (χ1v) is 9.69. The van der Waals surface area contributed by atoms with Crippen molar-refractivity contribution in [2.45, 2.75) is 13.8 Å². The van der Waals surface area contributed by atoms with Gasteiger partial charge in [-0.2, -0.15) is 0 Å². The number of nitrogens with zero attached hydrogens (tertiary/aromatic N) is 1. The highest BCUT2D eigenvalue weighted by Gasteiger charge is 2.24. The van der Waals surface area contributed by atoms with Gasteiger partial charge in [0.2, 0.25) is 5.90 Å².